The number of amides is 2. The third-order valence-corrected chi connectivity index (χ3v) is 12.2. The van der Waals surface area contributed by atoms with Gasteiger partial charge in [0.1, 0.15) is 0 Å². The number of rotatable bonds is 5. The minimum absolute atomic E-state index is 0.109. The number of halogens is 3. The molecule has 7 rings (SSSR count). The Morgan fingerprint density at radius 1 is 0.894 bits per heavy atom. The van der Waals surface area contributed by atoms with Crippen molar-refractivity contribution in [2.45, 2.75) is 18.8 Å². The summed E-state index contributed by atoms with van der Waals surface area (Å²) in [5.74, 6) is -4.34. The molecule has 1 heterocycles. The summed E-state index contributed by atoms with van der Waals surface area (Å²) >= 11 is 10.2. The molecule has 4 unspecified atom stereocenters. The molecule has 3 aromatic rings. The molecular weight excluding hydrogens is 798 g/mol. The molecule has 4 atom stereocenters. The van der Waals surface area contributed by atoms with Crippen molar-refractivity contribution >= 4 is 82.6 Å². The molecule has 1 aliphatic heterocycles. The molecule has 236 valence electrons. The number of anilines is 1. The quantitative estimate of drug-likeness (QED) is 0.126. The predicted octanol–water partition coefficient (Wildman–Crippen LogP) is 7.12. The first-order chi connectivity index (χ1) is 22.5. The standard InChI is InChI=1S/C36H24Br3NO7/c1-47-26-14-22(30(38)31(39)34(26)44)27-19-11-12-20-28(21(19)13-23-29(27)25(41)15-24(37)33(23)43)36(46)40(35(20)45)18-9-7-17(8-10-18)32(42)16-5-3-2-4-6-16/h2-11,14-15,20-21,27-28,44H,12-13H2,1H3. The number of methoxy groups -OCH3 is 1. The van der Waals surface area contributed by atoms with Crippen LogP contribution in [0.2, 0.25) is 0 Å². The summed E-state index contributed by atoms with van der Waals surface area (Å²) in [5.41, 5.74) is 3.22. The van der Waals surface area contributed by atoms with Gasteiger partial charge in [-0.1, -0.05) is 42.0 Å². The van der Waals surface area contributed by atoms with Crippen molar-refractivity contribution < 1.29 is 33.8 Å². The Morgan fingerprint density at radius 2 is 1.57 bits per heavy atom. The second-order valence-corrected chi connectivity index (χ2v) is 14.2. The molecule has 0 radical (unpaired) electrons. The molecule has 2 amide bonds. The molecule has 1 N–H and O–H groups in total. The highest BCUT2D eigenvalue weighted by molar-refractivity contribution is 9.13. The molecule has 0 saturated carbocycles. The smallest absolute Gasteiger partial charge is 0.238 e. The minimum atomic E-state index is -0.779. The van der Waals surface area contributed by atoms with E-state index < -0.39 is 29.6 Å². The largest absolute Gasteiger partial charge is 0.503 e. The summed E-state index contributed by atoms with van der Waals surface area (Å²) in [6.07, 6.45) is 3.55. The van der Waals surface area contributed by atoms with Gasteiger partial charge >= 0.3 is 0 Å². The van der Waals surface area contributed by atoms with Gasteiger partial charge in [-0.05, 0) is 102 Å². The second-order valence-electron chi connectivity index (χ2n) is 11.8. The number of hydrogen-bond donors (Lipinski definition) is 1. The lowest BCUT2D eigenvalue weighted by Gasteiger charge is -2.42. The molecule has 47 heavy (non-hydrogen) atoms. The zero-order valence-electron chi connectivity index (χ0n) is 24.6. The van der Waals surface area contributed by atoms with Crippen molar-refractivity contribution in [1.29, 1.82) is 0 Å². The Balaban J connectivity index is 1.29. The predicted molar refractivity (Wildman–Crippen MR) is 183 cm³/mol. The topological polar surface area (TPSA) is 118 Å². The van der Waals surface area contributed by atoms with Crippen molar-refractivity contribution in [2.75, 3.05) is 12.0 Å². The van der Waals surface area contributed by atoms with Gasteiger partial charge in [-0.2, -0.15) is 0 Å². The summed E-state index contributed by atoms with van der Waals surface area (Å²) < 4.78 is 6.33. The first-order valence-electron chi connectivity index (χ1n) is 14.7. The number of aromatic hydroxyl groups is 1. The Hall–Kier alpha value is -3.93. The van der Waals surface area contributed by atoms with Gasteiger partial charge in [0.25, 0.3) is 0 Å². The molecule has 0 spiro atoms. The average molecular weight is 822 g/mol. The molecule has 8 nitrogen and oxygen atoms in total. The number of nitrogens with zero attached hydrogens (tertiary/aromatic N) is 1. The van der Waals surface area contributed by atoms with Crippen LogP contribution in [0, 0.1) is 17.8 Å². The van der Waals surface area contributed by atoms with Crippen molar-refractivity contribution in [3.8, 4) is 11.5 Å². The molecule has 1 fully saturated rings. The third kappa shape index (κ3) is 4.93. The molecule has 4 aliphatic rings. The van der Waals surface area contributed by atoms with E-state index in [1.165, 1.54) is 18.1 Å². The summed E-state index contributed by atoms with van der Waals surface area (Å²) in [6, 6.07) is 16.9. The van der Waals surface area contributed by atoms with Crippen molar-refractivity contribution in [1.82, 2.24) is 0 Å². The highest BCUT2D eigenvalue weighted by Crippen LogP contribution is 2.58. The van der Waals surface area contributed by atoms with Crippen LogP contribution in [0.4, 0.5) is 5.69 Å². The summed E-state index contributed by atoms with van der Waals surface area (Å²) in [5, 5.41) is 10.7. The van der Waals surface area contributed by atoms with Crippen LogP contribution in [0.5, 0.6) is 11.5 Å². The van der Waals surface area contributed by atoms with E-state index in [1.807, 2.05) is 12.1 Å². The number of hydrogen-bond acceptors (Lipinski definition) is 7. The Morgan fingerprint density at radius 3 is 2.26 bits per heavy atom. The number of ether oxygens (including phenoxy) is 1. The van der Waals surface area contributed by atoms with E-state index in [9.17, 15) is 29.1 Å². The third-order valence-electron chi connectivity index (χ3n) is 9.46. The number of phenolic OH excluding ortho intramolecular Hbond substituents is 1. The van der Waals surface area contributed by atoms with Crippen LogP contribution < -0.4 is 9.64 Å². The minimum Gasteiger partial charge on any atom is -0.503 e. The zero-order chi connectivity index (χ0) is 33.3. The van der Waals surface area contributed by atoms with Gasteiger partial charge in [-0.25, -0.2) is 0 Å². The van der Waals surface area contributed by atoms with Crippen LogP contribution >= 0.6 is 47.8 Å². The summed E-state index contributed by atoms with van der Waals surface area (Å²) in [6.45, 7) is 0. The van der Waals surface area contributed by atoms with E-state index >= 15 is 0 Å². The monoisotopic (exact) mass is 819 g/mol. The van der Waals surface area contributed by atoms with Crippen LogP contribution in [-0.4, -0.2) is 41.4 Å². The van der Waals surface area contributed by atoms with Crippen LogP contribution in [-0.2, 0) is 19.2 Å². The van der Waals surface area contributed by atoms with Gasteiger partial charge in [0.15, 0.2) is 28.8 Å². The fourth-order valence-corrected chi connectivity index (χ4v) is 8.71. The molecular formula is C36H24Br3NO7. The molecule has 3 aliphatic carbocycles. The van der Waals surface area contributed by atoms with Gasteiger partial charge in [-0.15, -0.1) is 0 Å². The van der Waals surface area contributed by atoms with Crippen molar-refractivity contribution in [3.05, 3.63) is 120 Å². The van der Waals surface area contributed by atoms with Crippen LogP contribution in [0.25, 0.3) is 0 Å². The number of ketones is 3. The Labute approximate surface area is 294 Å². The summed E-state index contributed by atoms with van der Waals surface area (Å²) in [4.78, 5) is 69.5. The number of Topliss-reactive ketones (excluding diaryl/α,β-unsaturated/α-hetero) is 1. The maximum absolute atomic E-state index is 14.3. The molecule has 0 bridgehead atoms. The van der Waals surface area contributed by atoms with E-state index in [2.05, 4.69) is 47.8 Å². The SMILES string of the molecule is COc1cc(C2C3=CCC4C(=O)N(c5ccc(C(=O)c6ccccc6)cc5)C(=O)C4C3CC3=C2C(=O)C=C(Br)C3=O)c(Br)c(Br)c1O. The zero-order valence-corrected chi connectivity index (χ0v) is 29.4. The molecule has 11 heteroatoms. The maximum atomic E-state index is 14.3. The molecule has 0 aromatic heterocycles. The summed E-state index contributed by atoms with van der Waals surface area (Å²) in [7, 11) is 1.41. The normalized spacial score (nSPS) is 23.6. The first-order valence-corrected chi connectivity index (χ1v) is 17.1. The number of phenols is 1. The Bertz CT molecular complexity index is 2030. The van der Waals surface area contributed by atoms with Gasteiger partial charge in [0.2, 0.25) is 11.8 Å². The average Bonchev–Trinajstić information content (AvgIpc) is 3.34. The highest BCUT2D eigenvalue weighted by atomic mass is 79.9. The molecule has 3 aromatic carbocycles. The van der Waals surface area contributed by atoms with E-state index in [0.29, 0.717) is 36.9 Å². The van der Waals surface area contributed by atoms with Crippen LogP contribution in [0.15, 0.2) is 103 Å². The lowest BCUT2D eigenvalue weighted by atomic mass is 9.59. The van der Waals surface area contributed by atoms with Gasteiger partial charge in [-0.3, -0.25) is 28.9 Å². The van der Waals surface area contributed by atoms with Crippen LogP contribution in [0.1, 0.15) is 40.2 Å². The Kier molecular flexibility index (Phi) is 8.05. The highest BCUT2D eigenvalue weighted by Gasteiger charge is 2.57. The lowest BCUT2D eigenvalue weighted by molar-refractivity contribution is -0.123. The number of allylic oxidation sites excluding steroid dienone is 6. The fraction of sp³-hybridized carbons (Fsp3) is 0.194. The van der Waals surface area contributed by atoms with E-state index in [0.717, 1.165) is 5.57 Å². The van der Waals surface area contributed by atoms with E-state index in [1.54, 1.807) is 54.6 Å². The lowest BCUT2D eigenvalue weighted by Crippen LogP contribution is -2.39. The first kappa shape index (κ1) is 31.7. The van der Waals surface area contributed by atoms with Crippen molar-refractivity contribution in [3.63, 3.8) is 0 Å². The number of carbonyl (C=O) groups excluding carboxylic acids is 5. The van der Waals surface area contributed by atoms with Gasteiger partial charge in [0, 0.05) is 38.7 Å². The number of fused-ring (bicyclic) bond motifs is 3. The van der Waals surface area contributed by atoms with E-state index in [4.69, 9.17) is 4.74 Å². The van der Waals surface area contributed by atoms with Gasteiger partial charge in [0.05, 0.1) is 33.6 Å². The van der Waals surface area contributed by atoms with Gasteiger partial charge < -0.3 is 9.84 Å². The van der Waals surface area contributed by atoms with Crippen LogP contribution in [0.3, 0.4) is 0 Å². The number of carbonyl (C=O) groups is 5. The number of imide groups is 1. The fourth-order valence-electron chi connectivity index (χ4n) is 7.31. The molecule has 1 saturated heterocycles. The number of benzene rings is 3. The van der Waals surface area contributed by atoms with E-state index in [-0.39, 0.29) is 57.7 Å². The van der Waals surface area contributed by atoms with Crippen molar-refractivity contribution in [2.24, 2.45) is 17.8 Å². The second kappa shape index (κ2) is 11.9. The maximum Gasteiger partial charge on any atom is 0.238 e.